The number of nitrogens with two attached hydrogens (primary N) is 1. The number of sulfonamides is 2. The number of nitrogens with zero attached hydrogens (tertiary/aromatic N) is 3. The lowest BCUT2D eigenvalue weighted by Crippen LogP contribution is -2.68. The number of hydrogen-bond acceptors (Lipinski definition) is 11. The van der Waals surface area contributed by atoms with Crippen LogP contribution in [0, 0.1) is 24.1 Å². The summed E-state index contributed by atoms with van der Waals surface area (Å²) >= 11 is 0.553. The van der Waals surface area contributed by atoms with E-state index in [-0.39, 0.29) is 10.0 Å². The molecule has 0 radical (unpaired) electrons. The molecule has 2 aromatic heterocycles. The minimum atomic E-state index is -4.94. The Morgan fingerprint density at radius 3 is 2.05 bits per heavy atom. The highest BCUT2D eigenvalue weighted by molar-refractivity contribution is 7.93. The van der Waals surface area contributed by atoms with Gasteiger partial charge < -0.3 is 0 Å². The van der Waals surface area contributed by atoms with E-state index in [4.69, 9.17) is 23.8 Å². The van der Waals surface area contributed by atoms with Crippen molar-refractivity contribution in [3.05, 3.63) is 52.8 Å². The third-order valence-electron chi connectivity index (χ3n) is 6.05. The lowest BCUT2D eigenvalue weighted by molar-refractivity contribution is -2.00. The Bertz CT molecular complexity index is 1520. The first-order valence-corrected chi connectivity index (χ1v) is 16.8. The van der Waals surface area contributed by atoms with Crippen LogP contribution in [0.2, 0.25) is 0 Å². The van der Waals surface area contributed by atoms with Gasteiger partial charge in [0.2, 0.25) is 15.2 Å². The Morgan fingerprint density at radius 2 is 1.49 bits per heavy atom. The van der Waals surface area contributed by atoms with Crippen molar-refractivity contribution in [3.63, 3.8) is 0 Å². The van der Waals surface area contributed by atoms with Crippen molar-refractivity contribution in [2.45, 2.75) is 68.0 Å². The predicted molar refractivity (Wildman–Crippen MR) is 130 cm³/mol. The summed E-state index contributed by atoms with van der Waals surface area (Å²) in [6.07, 6.45) is 8.35. The van der Waals surface area contributed by atoms with E-state index in [0.29, 0.717) is 11.3 Å². The number of fused-ring (bicyclic) bond motifs is 1. The maximum Gasteiger partial charge on any atom is 0.267 e. The van der Waals surface area contributed by atoms with E-state index in [1.165, 1.54) is 61.1 Å². The highest BCUT2D eigenvalue weighted by Crippen LogP contribution is 2.25. The zero-order valence-corrected chi connectivity index (χ0v) is 24.3. The molecule has 3 aromatic rings. The number of anilines is 1. The summed E-state index contributed by atoms with van der Waals surface area (Å²) in [5.41, 5.74) is 5.99. The molecule has 2 heterocycles. The van der Waals surface area contributed by atoms with Crippen LogP contribution >= 0.6 is 11.3 Å². The van der Waals surface area contributed by atoms with E-state index in [2.05, 4.69) is 39.4 Å². The molecule has 0 unspecified atom stereocenters. The van der Waals surface area contributed by atoms with Gasteiger partial charge in [0.05, 0.1) is 4.90 Å². The minimum absolute atomic E-state index is 0.0299. The van der Waals surface area contributed by atoms with Gasteiger partial charge in [0, 0.05) is 37.6 Å². The van der Waals surface area contributed by atoms with E-state index in [0.717, 1.165) is 24.2 Å². The smallest absolute Gasteiger partial charge is 0.253 e. The number of hydrogen-bond donors (Lipinski definition) is 2. The molecule has 1 aromatic carbocycles. The number of aryl methyl sites for hydroxylation is 2. The number of aromatic nitrogens is 3. The molecule has 0 amide bonds. The quantitative estimate of drug-likeness (QED) is 0.303. The van der Waals surface area contributed by atoms with Gasteiger partial charge in [-0.2, -0.15) is 4.57 Å². The van der Waals surface area contributed by atoms with Crippen molar-refractivity contribution >= 4 is 36.5 Å². The average molecular weight is 622 g/mol. The summed E-state index contributed by atoms with van der Waals surface area (Å²) in [6, 6.07) is 8.84. The lowest BCUT2D eigenvalue weighted by atomic mass is 9.97. The highest BCUT2D eigenvalue weighted by atomic mass is 35.7. The molecule has 4 rings (SSSR count). The number of halogens is 1. The van der Waals surface area contributed by atoms with Crippen LogP contribution in [-0.4, -0.2) is 27.0 Å². The fraction of sp³-hybridized carbons (Fsp3) is 0.409. The molecule has 0 atom stereocenters. The Balaban J connectivity index is 0.000000771. The van der Waals surface area contributed by atoms with Crippen molar-refractivity contribution < 1.29 is 50.3 Å². The first kappa shape index (κ1) is 31.3. The van der Waals surface area contributed by atoms with E-state index in [1.807, 2.05) is 0 Å². The van der Waals surface area contributed by atoms with Gasteiger partial charge in [0.15, 0.2) is 11.4 Å². The number of nitrogens with one attached hydrogen (secondary N) is 1. The molecule has 0 aliphatic heterocycles. The molecular weight excluding hydrogens is 594 g/mol. The number of rotatable bonds is 5. The van der Waals surface area contributed by atoms with E-state index in [9.17, 15) is 16.8 Å². The van der Waals surface area contributed by atoms with Gasteiger partial charge in [-0.3, -0.25) is 4.72 Å². The van der Waals surface area contributed by atoms with E-state index in [1.54, 1.807) is 12.1 Å². The van der Waals surface area contributed by atoms with E-state index >= 15 is 0 Å². The molecule has 0 spiro atoms. The topological polar surface area (TPSA) is 228 Å². The molecule has 1 aliphatic carbocycles. The number of benzene rings is 1. The van der Waals surface area contributed by atoms with Gasteiger partial charge >= 0.3 is 0 Å². The SMILES string of the molecule is Cc1cc2c(c(C)[n+]1-c1ccc(S(=O)(=O)Nc3nnc(S(N)(=O)=O)s3)cc1)CCCCCCC2.[O-][Cl+3]([O-])([O-])[O-]. The second-order valence-corrected chi connectivity index (χ2v) is 14.0. The van der Waals surface area contributed by atoms with Gasteiger partial charge in [0.25, 0.3) is 20.0 Å². The summed E-state index contributed by atoms with van der Waals surface area (Å²) in [4.78, 5) is 0.0299. The summed E-state index contributed by atoms with van der Waals surface area (Å²) in [6.45, 7) is 4.21. The third kappa shape index (κ3) is 8.86. The Kier molecular flexibility index (Phi) is 10.0. The molecule has 1 aliphatic rings. The normalized spacial score (nSPS) is 14.7. The third-order valence-corrected chi connectivity index (χ3v) is 9.68. The van der Waals surface area contributed by atoms with Crippen molar-refractivity contribution in [2.24, 2.45) is 5.14 Å². The van der Waals surface area contributed by atoms with Crippen molar-refractivity contribution in [1.29, 1.82) is 0 Å². The first-order chi connectivity index (χ1) is 18.1. The molecule has 0 fully saturated rings. The molecule has 0 saturated heterocycles. The van der Waals surface area contributed by atoms with Crippen molar-refractivity contribution in [2.75, 3.05) is 4.72 Å². The van der Waals surface area contributed by atoms with Gasteiger partial charge in [-0.1, -0.05) is 30.6 Å². The molecule has 0 bridgehead atoms. The van der Waals surface area contributed by atoms with Gasteiger partial charge in [-0.05, 0) is 43.4 Å². The maximum absolute atomic E-state index is 12.8. The molecule has 3 N–H and O–H groups in total. The standard InChI is InChI=1S/C22H28N5O4S3.ClHO4/c1-15-14-17-8-6-4-3-5-7-9-20(17)16(2)27(15)18-10-12-19(13-11-18)34(30,31)26-21-24-25-22(32-21)33(23,28)29;2-1(3,4)5/h10-14H,3-9H2,1-2H3,(H,24,26)(H2,23,28,29);(H,2,3,4,5)/q+1;/p-1. The zero-order valence-electron chi connectivity index (χ0n) is 21.1. The van der Waals surface area contributed by atoms with Crippen molar-refractivity contribution in [1.82, 2.24) is 10.2 Å². The fourth-order valence-corrected chi connectivity index (χ4v) is 7.02. The summed E-state index contributed by atoms with van der Waals surface area (Å²) in [7, 11) is -13.0. The number of primary sulfonamides is 1. The zero-order chi connectivity index (χ0) is 29.0. The maximum atomic E-state index is 12.8. The van der Waals surface area contributed by atoms with Crippen LogP contribution in [0.15, 0.2) is 39.6 Å². The van der Waals surface area contributed by atoms with Crippen LogP contribution in [0.25, 0.3) is 5.69 Å². The summed E-state index contributed by atoms with van der Waals surface area (Å²) < 4.78 is 86.2. The van der Waals surface area contributed by atoms with Crippen LogP contribution in [0.4, 0.5) is 5.13 Å². The second kappa shape index (κ2) is 12.5. The fourth-order valence-electron chi connectivity index (χ4n) is 4.46. The summed E-state index contributed by atoms with van der Waals surface area (Å²) in [5.74, 6) is 0. The Hall–Kier alpha value is -2.28. The molecule has 17 heteroatoms. The van der Waals surface area contributed by atoms with Crippen LogP contribution < -0.4 is 33.1 Å². The predicted octanol–water partition coefficient (Wildman–Crippen LogP) is -1.83. The van der Waals surface area contributed by atoms with Gasteiger partial charge in [0.1, 0.15) is 0 Å². The average Bonchev–Trinajstić information content (AvgIpc) is 3.31. The monoisotopic (exact) mass is 621 g/mol. The number of pyridine rings is 1. The molecule has 0 saturated carbocycles. The molecular formula is C22H28ClN5O8S3. The van der Waals surface area contributed by atoms with Gasteiger partial charge in [-0.25, -0.2) is 40.6 Å². The first-order valence-electron chi connectivity index (χ1n) is 11.7. The van der Waals surface area contributed by atoms with Crippen LogP contribution in [0.3, 0.4) is 0 Å². The lowest BCUT2D eigenvalue weighted by Gasteiger charge is -2.17. The van der Waals surface area contributed by atoms with Crippen molar-refractivity contribution in [3.8, 4) is 5.69 Å². The van der Waals surface area contributed by atoms with Gasteiger partial charge in [-0.15, -0.1) is 20.4 Å². The Labute approximate surface area is 232 Å². The van der Waals surface area contributed by atoms with Crippen LogP contribution in [0.1, 0.15) is 54.6 Å². The Morgan fingerprint density at radius 1 is 0.923 bits per heavy atom. The molecule has 39 heavy (non-hydrogen) atoms. The van der Waals surface area contributed by atoms with Crippen LogP contribution in [-0.2, 0) is 32.9 Å². The molecule has 13 nitrogen and oxygen atoms in total. The minimum Gasteiger partial charge on any atom is -0.253 e. The van der Waals surface area contributed by atoms with Crippen LogP contribution in [0.5, 0.6) is 0 Å². The molecule has 214 valence electrons. The summed E-state index contributed by atoms with van der Waals surface area (Å²) in [5, 5.41) is 11.8. The highest BCUT2D eigenvalue weighted by Gasteiger charge is 2.24. The largest absolute Gasteiger partial charge is 0.267 e. The van der Waals surface area contributed by atoms with E-state index < -0.39 is 34.6 Å². The second-order valence-electron chi connectivity index (χ2n) is 8.87.